The maximum absolute atomic E-state index is 11.8. The van der Waals surface area contributed by atoms with E-state index in [1.807, 2.05) is 49.5 Å². The van der Waals surface area contributed by atoms with Gasteiger partial charge in [-0.15, -0.1) is 0 Å². The molecule has 54 heavy (non-hydrogen) atoms. The SMILES string of the molecule is C=C/C=C\C(=C/C)C1=CN(C)C(CNc2cc(CCc3cccc(COc4ccc5c(c4)N[C@@H](NC)CC(c4ccc(C(C)=O)cc4)=C5)c3)ccc2C)C1. The molecular formula is C48H54N4O2. The van der Waals surface area contributed by atoms with Crippen molar-refractivity contribution in [3.63, 3.8) is 0 Å². The summed E-state index contributed by atoms with van der Waals surface area (Å²) in [5.74, 6) is 0.902. The normalized spacial score (nSPS) is 17.0. The fourth-order valence-corrected chi connectivity index (χ4v) is 7.22. The second kappa shape index (κ2) is 18.0. The van der Waals surface area contributed by atoms with E-state index >= 15 is 0 Å². The predicted octanol–water partition coefficient (Wildman–Crippen LogP) is 10.2. The molecule has 4 aromatic carbocycles. The molecule has 2 heterocycles. The number of benzene rings is 4. The lowest BCUT2D eigenvalue weighted by atomic mass is 9.98. The molecule has 6 nitrogen and oxygen atoms in total. The Morgan fingerprint density at radius 2 is 1.76 bits per heavy atom. The molecule has 0 spiro atoms. The van der Waals surface area contributed by atoms with Crippen LogP contribution in [-0.2, 0) is 19.4 Å². The molecule has 6 rings (SSSR count). The topological polar surface area (TPSA) is 65.6 Å². The minimum atomic E-state index is 0.0545. The lowest BCUT2D eigenvalue weighted by Gasteiger charge is -2.22. The van der Waals surface area contributed by atoms with Crippen molar-refractivity contribution in [2.24, 2.45) is 0 Å². The van der Waals surface area contributed by atoms with E-state index in [0.29, 0.717) is 12.6 Å². The molecule has 3 N–H and O–H groups in total. The third-order valence-corrected chi connectivity index (χ3v) is 10.5. The van der Waals surface area contributed by atoms with Crippen molar-refractivity contribution in [3.8, 4) is 5.75 Å². The Labute approximate surface area is 322 Å². The average molecular weight is 719 g/mol. The summed E-state index contributed by atoms with van der Waals surface area (Å²) in [4.78, 5) is 14.1. The highest BCUT2D eigenvalue weighted by Gasteiger charge is 2.23. The van der Waals surface area contributed by atoms with Gasteiger partial charge in [-0.2, -0.15) is 0 Å². The minimum Gasteiger partial charge on any atom is -0.489 e. The standard InChI is InChI=1S/C48H54N4O2/c1-7-9-13-38(8-2)43-27-44(52(6)31-43)30-50-46-25-36(15-14-33(46)3)17-16-35-11-10-12-37(24-35)32-54-45-23-22-41-26-42(28-48(49-5)51-47(41)29-45)40-20-18-39(19-21-40)34(4)53/h7-15,18-26,29,31,44,48-51H,1,16-17,27-28,30,32H2,2-6H3/b13-9-,38-8+/t44?,48-/m1/s1. The lowest BCUT2D eigenvalue weighted by molar-refractivity contribution is 0.101. The smallest absolute Gasteiger partial charge is 0.159 e. The number of rotatable bonds is 15. The third kappa shape index (κ3) is 9.68. The van der Waals surface area contributed by atoms with Gasteiger partial charge in [-0.25, -0.2) is 0 Å². The molecule has 0 radical (unpaired) electrons. The zero-order valence-corrected chi connectivity index (χ0v) is 32.4. The van der Waals surface area contributed by atoms with Crippen LogP contribution < -0.4 is 20.7 Å². The summed E-state index contributed by atoms with van der Waals surface area (Å²) >= 11 is 0. The largest absolute Gasteiger partial charge is 0.489 e. The van der Waals surface area contributed by atoms with Crippen LogP contribution in [0.5, 0.6) is 5.75 Å². The Morgan fingerprint density at radius 3 is 2.50 bits per heavy atom. The van der Waals surface area contributed by atoms with Gasteiger partial charge in [0.15, 0.2) is 5.78 Å². The van der Waals surface area contributed by atoms with Gasteiger partial charge in [0.05, 0.1) is 6.17 Å². The van der Waals surface area contributed by atoms with Crippen molar-refractivity contribution in [3.05, 3.63) is 172 Å². The molecule has 2 atom stereocenters. The lowest BCUT2D eigenvalue weighted by Crippen LogP contribution is -2.33. The Morgan fingerprint density at radius 1 is 0.981 bits per heavy atom. The quantitative estimate of drug-likeness (QED) is 0.0840. The third-order valence-electron chi connectivity index (χ3n) is 10.5. The van der Waals surface area contributed by atoms with E-state index in [4.69, 9.17) is 4.74 Å². The van der Waals surface area contributed by atoms with Crippen molar-refractivity contribution in [1.29, 1.82) is 0 Å². The van der Waals surface area contributed by atoms with Gasteiger partial charge in [0.2, 0.25) is 0 Å². The van der Waals surface area contributed by atoms with E-state index < -0.39 is 0 Å². The minimum absolute atomic E-state index is 0.0545. The van der Waals surface area contributed by atoms with Crippen LogP contribution in [0.15, 0.2) is 133 Å². The first-order valence-corrected chi connectivity index (χ1v) is 19.0. The second-order valence-corrected chi connectivity index (χ2v) is 14.4. The number of nitrogens with one attached hydrogen (secondary N) is 3. The van der Waals surface area contributed by atoms with Crippen LogP contribution in [0, 0.1) is 6.92 Å². The van der Waals surface area contributed by atoms with Gasteiger partial charge >= 0.3 is 0 Å². The van der Waals surface area contributed by atoms with Crippen molar-refractivity contribution in [2.45, 2.75) is 65.3 Å². The van der Waals surface area contributed by atoms with E-state index in [1.54, 1.807) is 6.92 Å². The first-order valence-electron chi connectivity index (χ1n) is 19.0. The number of carbonyl (C=O) groups is 1. The molecule has 0 saturated carbocycles. The van der Waals surface area contributed by atoms with Gasteiger partial charge < -0.3 is 25.6 Å². The maximum atomic E-state index is 11.8. The Balaban J connectivity index is 1.04. The van der Waals surface area contributed by atoms with Crippen molar-refractivity contribution < 1.29 is 9.53 Å². The zero-order valence-electron chi connectivity index (χ0n) is 32.4. The van der Waals surface area contributed by atoms with E-state index in [0.717, 1.165) is 65.9 Å². The molecule has 0 fully saturated rings. The van der Waals surface area contributed by atoms with Gasteiger partial charge in [-0.3, -0.25) is 4.79 Å². The van der Waals surface area contributed by atoms with Crippen molar-refractivity contribution in [2.75, 3.05) is 31.3 Å². The monoisotopic (exact) mass is 718 g/mol. The van der Waals surface area contributed by atoms with Crippen LogP contribution in [0.25, 0.3) is 11.6 Å². The summed E-state index contributed by atoms with van der Waals surface area (Å²) in [6, 6.07) is 30.1. The number of allylic oxidation sites excluding steroid dienone is 5. The number of anilines is 2. The molecule has 2 aliphatic rings. The Hall–Kier alpha value is -5.59. The molecule has 0 saturated heterocycles. The van der Waals surface area contributed by atoms with Crippen LogP contribution in [0.4, 0.5) is 11.4 Å². The first-order chi connectivity index (χ1) is 26.2. The fraction of sp³-hybridized carbons (Fsp3) is 0.271. The number of hydrogen-bond donors (Lipinski definition) is 3. The Bertz CT molecular complexity index is 2090. The van der Waals surface area contributed by atoms with Crippen LogP contribution >= 0.6 is 0 Å². The van der Waals surface area contributed by atoms with E-state index in [-0.39, 0.29) is 11.9 Å². The Kier molecular flexibility index (Phi) is 12.7. The molecule has 0 amide bonds. The highest BCUT2D eigenvalue weighted by Crippen LogP contribution is 2.34. The van der Waals surface area contributed by atoms with Gasteiger partial charge in [0, 0.05) is 55.3 Å². The van der Waals surface area contributed by atoms with Gasteiger partial charge in [-0.1, -0.05) is 91.5 Å². The summed E-state index contributed by atoms with van der Waals surface area (Å²) in [6.45, 7) is 11.1. The zero-order chi connectivity index (χ0) is 38.0. The molecule has 6 heteroatoms. The highest BCUT2D eigenvalue weighted by atomic mass is 16.5. The summed E-state index contributed by atoms with van der Waals surface area (Å²) in [5, 5.41) is 10.8. The number of nitrogens with zero attached hydrogens (tertiary/aromatic N) is 1. The molecular weight excluding hydrogens is 665 g/mol. The molecule has 0 aromatic heterocycles. The number of Topliss-reactive ketones (excluding diaryl/α,β-unsaturated/α-hetero) is 1. The van der Waals surface area contributed by atoms with Crippen LogP contribution in [0.1, 0.15) is 70.4 Å². The number of fused-ring (bicyclic) bond motifs is 1. The number of aryl methyl sites for hydroxylation is 3. The summed E-state index contributed by atoms with van der Waals surface area (Å²) in [7, 11) is 4.14. The number of ether oxygens (including phenoxy) is 1. The average Bonchev–Trinajstić information content (AvgIpc) is 3.44. The number of likely N-dealkylation sites (N-methyl/N-ethyl adjacent to an activating group) is 1. The number of carbonyl (C=O) groups excluding carboxylic acids is 1. The fourth-order valence-electron chi connectivity index (χ4n) is 7.22. The van der Waals surface area contributed by atoms with E-state index in [9.17, 15) is 4.79 Å². The predicted molar refractivity (Wildman–Crippen MR) is 227 cm³/mol. The van der Waals surface area contributed by atoms with Crippen LogP contribution in [0.2, 0.25) is 0 Å². The van der Waals surface area contributed by atoms with E-state index in [2.05, 4.69) is 127 Å². The molecule has 278 valence electrons. The number of hydrogen-bond acceptors (Lipinski definition) is 6. The van der Waals surface area contributed by atoms with Crippen molar-refractivity contribution >= 4 is 28.8 Å². The molecule has 0 aliphatic carbocycles. The molecule has 0 bridgehead atoms. The molecule has 4 aromatic rings. The van der Waals surface area contributed by atoms with Crippen molar-refractivity contribution in [1.82, 2.24) is 10.2 Å². The summed E-state index contributed by atoms with van der Waals surface area (Å²) in [6.07, 6.45) is 16.4. The molecule has 1 unspecified atom stereocenters. The van der Waals surface area contributed by atoms with E-state index in [1.165, 1.54) is 39.1 Å². The number of ketones is 1. The highest BCUT2D eigenvalue weighted by molar-refractivity contribution is 5.95. The first kappa shape index (κ1) is 38.1. The molecule has 2 aliphatic heterocycles. The maximum Gasteiger partial charge on any atom is 0.159 e. The van der Waals surface area contributed by atoms with Crippen LogP contribution in [-0.4, -0.2) is 43.5 Å². The van der Waals surface area contributed by atoms with Gasteiger partial charge in [0.25, 0.3) is 0 Å². The van der Waals surface area contributed by atoms with Gasteiger partial charge in [0.1, 0.15) is 12.4 Å². The van der Waals surface area contributed by atoms with Crippen LogP contribution in [0.3, 0.4) is 0 Å². The van der Waals surface area contributed by atoms with Gasteiger partial charge in [-0.05, 0) is 121 Å². The second-order valence-electron chi connectivity index (χ2n) is 14.4. The summed E-state index contributed by atoms with van der Waals surface area (Å²) in [5.41, 5.74) is 14.1. The summed E-state index contributed by atoms with van der Waals surface area (Å²) < 4.78 is 6.34.